The number of esters is 1. The fourth-order valence-corrected chi connectivity index (χ4v) is 10.8. The molecule has 0 aromatic carbocycles. The predicted octanol–water partition coefficient (Wildman–Crippen LogP) is 21.8. The molecule has 0 aliphatic carbocycles. The van der Waals surface area contributed by atoms with Gasteiger partial charge >= 0.3 is 5.97 Å². The second-order valence-electron chi connectivity index (χ2n) is 23.5. The van der Waals surface area contributed by atoms with Crippen molar-refractivity contribution in [2.75, 3.05) is 13.2 Å². The maximum atomic E-state index is 12.5. The van der Waals surface area contributed by atoms with E-state index < -0.39 is 12.1 Å². The molecule has 0 rings (SSSR count). The van der Waals surface area contributed by atoms with Crippen LogP contribution in [0.5, 0.6) is 0 Å². The van der Waals surface area contributed by atoms with Crippen molar-refractivity contribution < 1.29 is 24.5 Å². The lowest BCUT2D eigenvalue weighted by atomic mass is 10.0. The van der Waals surface area contributed by atoms with Gasteiger partial charge in [0.25, 0.3) is 0 Å². The minimum absolute atomic E-state index is 0.00637. The summed E-state index contributed by atoms with van der Waals surface area (Å²) in [6.45, 7) is 4.96. The van der Waals surface area contributed by atoms with E-state index in [-0.39, 0.29) is 18.5 Å². The van der Waals surface area contributed by atoms with E-state index in [0.29, 0.717) is 25.9 Å². The van der Waals surface area contributed by atoms with Gasteiger partial charge in [-0.1, -0.05) is 334 Å². The van der Waals surface area contributed by atoms with Crippen molar-refractivity contribution in [3.05, 3.63) is 24.3 Å². The molecule has 3 N–H and O–H groups in total. The number of aliphatic hydroxyl groups excluding tert-OH is 2. The molecule has 75 heavy (non-hydrogen) atoms. The third-order valence-electron chi connectivity index (χ3n) is 16.0. The van der Waals surface area contributed by atoms with Gasteiger partial charge in [-0.25, -0.2) is 0 Å². The number of nitrogens with one attached hydrogen (secondary N) is 1. The molecule has 0 fully saturated rings. The van der Waals surface area contributed by atoms with Crippen LogP contribution < -0.4 is 5.32 Å². The third-order valence-corrected chi connectivity index (χ3v) is 16.0. The van der Waals surface area contributed by atoms with Crippen LogP contribution in [0.2, 0.25) is 0 Å². The zero-order chi connectivity index (χ0) is 54.3. The second kappa shape index (κ2) is 64.9. The first-order chi connectivity index (χ1) is 37.0. The summed E-state index contributed by atoms with van der Waals surface area (Å²) in [4.78, 5) is 24.6. The number of allylic oxidation sites excluding steroid dienone is 4. The Morgan fingerprint density at radius 1 is 0.373 bits per heavy atom. The minimum Gasteiger partial charge on any atom is -0.466 e. The predicted molar refractivity (Wildman–Crippen MR) is 329 cm³/mol. The molecule has 0 aromatic rings. The molecule has 0 spiro atoms. The van der Waals surface area contributed by atoms with E-state index in [1.807, 2.05) is 0 Å². The highest BCUT2D eigenvalue weighted by molar-refractivity contribution is 5.76. The normalized spacial score (nSPS) is 12.6. The average Bonchev–Trinajstić information content (AvgIpc) is 3.41. The van der Waals surface area contributed by atoms with E-state index >= 15 is 0 Å². The molecule has 0 aliphatic heterocycles. The first kappa shape index (κ1) is 73.3. The van der Waals surface area contributed by atoms with E-state index in [1.165, 1.54) is 295 Å². The first-order valence-electron chi connectivity index (χ1n) is 34.1. The van der Waals surface area contributed by atoms with E-state index in [2.05, 4.69) is 43.5 Å². The van der Waals surface area contributed by atoms with Crippen LogP contribution in [0.3, 0.4) is 0 Å². The summed E-state index contributed by atoms with van der Waals surface area (Å²) >= 11 is 0. The van der Waals surface area contributed by atoms with Crippen molar-refractivity contribution in [1.82, 2.24) is 5.32 Å². The van der Waals surface area contributed by atoms with Gasteiger partial charge in [-0.05, 0) is 57.8 Å². The van der Waals surface area contributed by atoms with E-state index in [0.717, 1.165) is 51.4 Å². The fraction of sp³-hybridized carbons (Fsp3) is 0.913. The first-order valence-corrected chi connectivity index (χ1v) is 34.1. The molecule has 0 bridgehead atoms. The molecule has 6 heteroatoms. The molecule has 1 amide bonds. The number of hydrogen-bond donors (Lipinski definition) is 3. The standard InChI is InChI=1S/C69H133NO5/c1-3-5-7-9-11-13-15-17-19-21-26-30-33-37-41-45-49-53-57-61-67(72)66(65-71)70-68(73)62-58-54-50-46-42-38-34-31-27-24-22-23-25-28-32-36-40-44-48-52-56-60-64-75-69(74)63-59-55-51-47-43-39-35-29-20-18-16-14-12-10-8-6-4-2/h12,14,18,20,66-67,71-72H,3-11,13,15-17,19,21-65H2,1-2H3,(H,70,73)/b14-12-,20-18-. The van der Waals surface area contributed by atoms with Gasteiger partial charge in [-0.15, -0.1) is 0 Å². The Balaban J connectivity index is 3.37. The Kier molecular flexibility index (Phi) is 63.4. The van der Waals surface area contributed by atoms with Crippen LogP contribution >= 0.6 is 0 Å². The van der Waals surface area contributed by atoms with Gasteiger partial charge in [-0.3, -0.25) is 9.59 Å². The third kappa shape index (κ3) is 61.4. The Morgan fingerprint density at radius 3 is 1.04 bits per heavy atom. The highest BCUT2D eigenvalue weighted by Gasteiger charge is 2.20. The van der Waals surface area contributed by atoms with E-state index in [4.69, 9.17) is 4.74 Å². The summed E-state index contributed by atoms with van der Waals surface area (Å²) in [6.07, 6.45) is 80.6. The van der Waals surface area contributed by atoms with Crippen LogP contribution in [0.25, 0.3) is 0 Å². The lowest BCUT2D eigenvalue weighted by molar-refractivity contribution is -0.143. The minimum atomic E-state index is -0.665. The molecule has 0 heterocycles. The molecule has 2 unspecified atom stereocenters. The molecule has 0 aromatic heterocycles. The maximum absolute atomic E-state index is 12.5. The lowest BCUT2D eigenvalue weighted by Gasteiger charge is -2.22. The van der Waals surface area contributed by atoms with Gasteiger partial charge in [0, 0.05) is 12.8 Å². The van der Waals surface area contributed by atoms with Crippen LogP contribution in [0.15, 0.2) is 24.3 Å². The summed E-state index contributed by atoms with van der Waals surface area (Å²) < 4.78 is 5.50. The van der Waals surface area contributed by atoms with Crippen LogP contribution in [-0.4, -0.2) is 47.4 Å². The van der Waals surface area contributed by atoms with Crippen molar-refractivity contribution >= 4 is 11.9 Å². The largest absolute Gasteiger partial charge is 0.466 e. The molecular weight excluding hydrogens is 923 g/mol. The van der Waals surface area contributed by atoms with Crippen LogP contribution in [0.4, 0.5) is 0 Å². The smallest absolute Gasteiger partial charge is 0.305 e. The van der Waals surface area contributed by atoms with Crippen molar-refractivity contribution in [3.8, 4) is 0 Å². The average molecular weight is 1060 g/mol. The van der Waals surface area contributed by atoms with Crippen molar-refractivity contribution in [2.24, 2.45) is 0 Å². The number of aliphatic hydroxyl groups is 2. The van der Waals surface area contributed by atoms with Gasteiger partial charge < -0.3 is 20.3 Å². The quantitative estimate of drug-likeness (QED) is 0.0320. The van der Waals surface area contributed by atoms with Gasteiger partial charge in [0.1, 0.15) is 0 Å². The van der Waals surface area contributed by atoms with Crippen LogP contribution in [-0.2, 0) is 14.3 Å². The lowest BCUT2D eigenvalue weighted by Crippen LogP contribution is -2.45. The van der Waals surface area contributed by atoms with Crippen molar-refractivity contribution in [2.45, 2.75) is 392 Å². The van der Waals surface area contributed by atoms with Crippen LogP contribution in [0, 0.1) is 0 Å². The Hall–Kier alpha value is -1.66. The number of rotatable bonds is 64. The van der Waals surface area contributed by atoms with Gasteiger partial charge in [0.15, 0.2) is 0 Å². The summed E-state index contributed by atoms with van der Waals surface area (Å²) in [7, 11) is 0. The summed E-state index contributed by atoms with van der Waals surface area (Å²) in [5, 5.41) is 23.4. The van der Waals surface area contributed by atoms with Gasteiger partial charge in [0.2, 0.25) is 5.91 Å². The molecule has 0 aliphatic rings. The summed E-state index contributed by atoms with van der Waals surface area (Å²) in [5.74, 6) is -0.0251. The molecule has 444 valence electrons. The SMILES string of the molecule is CCCCC/C=C\C/C=C\CCCCCCCCCC(=O)OCCCCCCCCCCCCCCCCCCCCCCCCC(=O)NC(CO)C(O)CCCCCCCCCCCCCCCCCCCCC. The number of amides is 1. The fourth-order valence-electron chi connectivity index (χ4n) is 10.8. The van der Waals surface area contributed by atoms with Crippen molar-refractivity contribution in [3.63, 3.8) is 0 Å². The zero-order valence-electron chi connectivity index (χ0n) is 50.8. The van der Waals surface area contributed by atoms with Gasteiger partial charge in [-0.2, -0.15) is 0 Å². The molecule has 0 saturated carbocycles. The number of hydrogen-bond acceptors (Lipinski definition) is 5. The van der Waals surface area contributed by atoms with Crippen molar-refractivity contribution in [1.29, 1.82) is 0 Å². The number of carbonyl (C=O) groups is 2. The van der Waals surface area contributed by atoms with Gasteiger partial charge in [0.05, 0.1) is 25.4 Å². The molecule has 0 saturated heterocycles. The summed E-state index contributed by atoms with van der Waals surface area (Å²) in [5.41, 5.74) is 0. The number of carbonyl (C=O) groups excluding carboxylic acids is 2. The molecule has 0 radical (unpaired) electrons. The maximum Gasteiger partial charge on any atom is 0.305 e. The molecular formula is C69H133NO5. The van der Waals surface area contributed by atoms with E-state index in [9.17, 15) is 19.8 Å². The summed E-state index contributed by atoms with van der Waals surface area (Å²) in [6, 6.07) is -0.542. The topological polar surface area (TPSA) is 95.9 Å². The van der Waals surface area contributed by atoms with Crippen LogP contribution in [0.1, 0.15) is 380 Å². The monoisotopic (exact) mass is 1060 g/mol. The molecule has 2 atom stereocenters. The second-order valence-corrected chi connectivity index (χ2v) is 23.5. The van der Waals surface area contributed by atoms with E-state index in [1.54, 1.807) is 0 Å². The molecule has 6 nitrogen and oxygen atoms in total. The Labute approximate surface area is 469 Å². The highest BCUT2D eigenvalue weighted by atomic mass is 16.5. The number of unbranched alkanes of at least 4 members (excludes halogenated alkanes) is 49. The Bertz CT molecular complexity index is 1170. The Morgan fingerprint density at radius 2 is 0.667 bits per heavy atom. The number of ether oxygens (including phenoxy) is 1. The highest BCUT2D eigenvalue weighted by Crippen LogP contribution is 2.19. The zero-order valence-corrected chi connectivity index (χ0v) is 50.8.